The summed E-state index contributed by atoms with van der Waals surface area (Å²) in [6.45, 7) is 2.38. The molecule has 4 nitrogen and oxygen atoms in total. The van der Waals surface area contributed by atoms with Crippen LogP contribution in [0, 0.1) is 11.8 Å². The fourth-order valence-electron chi connectivity index (χ4n) is 1.38. The zero-order valence-corrected chi connectivity index (χ0v) is 12.0. The summed E-state index contributed by atoms with van der Waals surface area (Å²) in [4.78, 5) is 18.8. The van der Waals surface area contributed by atoms with Crippen LogP contribution in [0.4, 0.5) is 5.13 Å². The minimum Gasteiger partial charge on any atom is -0.320 e. The Morgan fingerprint density at radius 3 is 3.00 bits per heavy atom. The molecule has 0 aliphatic carbocycles. The van der Waals surface area contributed by atoms with Crippen molar-refractivity contribution < 1.29 is 4.79 Å². The van der Waals surface area contributed by atoms with Crippen LogP contribution < -0.4 is 11.1 Å². The van der Waals surface area contributed by atoms with Gasteiger partial charge in [0.1, 0.15) is 0 Å². The third kappa shape index (κ3) is 3.64. The summed E-state index contributed by atoms with van der Waals surface area (Å²) in [7, 11) is 0. The van der Waals surface area contributed by atoms with E-state index in [9.17, 15) is 4.79 Å². The molecule has 0 saturated carbocycles. The van der Waals surface area contributed by atoms with Gasteiger partial charge in [0.15, 0.2) is 5.13 Å². The van der Waals surface area contributed by atoms with Crippen LogP contribution in [0.2, 0.25) is 0 Å². The Bertz CT molecular complexity index is 634. The fourth-order valence-corrected chi connectivity index (χ4v) is 2.91. The minimum atomic E-state index is -0.127. The van der Waals surface area contributed by atoms with Crippen molar-refractivity contribution in [1.29, 1.82) is 0 Å². The van der Waals surface area contributed by atoms with E-state index in [2.05, 4.69) is 29.1 Å². The number of rotatable bonds is 3. The van der Waals surface area contributed by atoms with Crippen molar-refractivity contribution >= 4 is 33.7 Å². The molecule has 2 aromatic heterocycles. The van der Waals surface area contributed by atoms with E-state index >= 15 is 0 Å². The van der Waals surface area contributed by atoms with E-state index in [0.717, 1.165) is 11.3 Å². The van der Waals surface area contributed by atoms with Crippen LogP contribution in [0.15, 0.2) is 18.3 Å². The number of hydrogen-bond donors (Lipinski definition) is 2. The molecule has 98 valence electrons. The predicted octanol–water partition coefficient (Wildman–Crippen LogP) is 2.33. The molecule has 0 atom stereocenters. The number of anilines is 1. The van der Waals surface area contributed by atoms with Crippen LogP contribution in [0.25, 0.3) is 0 Å². The van der Waals surface area contributed by atoms with Crippen molar-refractivity contribution in [1.82, 2.24) is 4.98 Å². The first-order valence-electron chi connectivity index (χ1n) is 5.77. The van der Waals surface area contributed by atoms with Gasteiger partial charge in [0.2, 0.25) is 0 Å². The molecule has 3 N–H and O–H groups in total. The first kappa shape index (κ1) is 13.7. The molecule has 0 aromatic carbocycles. The third-order valence-electron chi connectivity index (χ3n) is 2.27. The van der Waals surface area contributed by atoms with Crippen molar-refractivity contribution in [3.05, 3.63) is 33.0 Å². The van der Waals surface area contributed by atoms with Crippen molar-refractivity contribution in [2.24, 2.45) is 5.73 Å². The Labute approximate surface area is 119 Å². The van der Waals surface area contributed by atoms with Gasteiger partial charge >= 0.3 is 0 Å². The molecular weight excluding hydrogens is 278 g/mol. The van der Waals surface area contributed by atoms with Gasteiger partial charge in [-0.05, 0) is 18.6 Å². The average Bonchev–Trinajstić information content (AvgIpc) is 3.05. The van der Waals surface area contributed by atoms with E-state index in [1.807, 2.05) is 12.1 Å². The second kappa shape index (κ2) is 6.48. The number of carbonyl (C=O) groups is 1. The van der Waals surface area contributed by atoms with Crippen LogP contribution in [-0.2, 0) is 6.42 Å². The molecule has 2 heterocycles. The number of nitrogens with two attached hydrogens (primary N) is 1. The van der Waals surface area contributed by atoms with Crippen molar-refractivity contribution in [2.75, 3.05) is 11.9 Å². The van der Waals surface area contributed by atoms with Gasteiger partial charge in [0.25, 0.3) is 5.91 Å². The van der Waals surface area contributed by atoms with Crippen molar-refractivity contribution in [3.8, 4) is 11.8 Å². The van der Waals surface area contributed by atoms with Crippen LogP contribution in [-0.4, -0.2) is 17.4 Å². The Morgan fingerprint density at radius 2 is 2.32 bits per heavy atom. The monoisotopic (exact) mass is 291 g/mol. The molecule has 6 heteroatoms. The number of carbonyl (C=O) groups excluding carboxylic acids is 1. The van der Waals surface area contributed by atoms with Crippen LogP contribution >= 0.6 is 22.7 Å². The van der Waals surface area contributed by atoms with E-state index < -0.39 is 0 Å². The highest BCUT2D eigenvalue weighted by Crippen LogP contribution is 2.21. The number of aromatic nitrogens is 1. The Kier molecular flexibility index (Phi) is 4.68. The second-order valence-electron chi connectivity index (χ2n) is 3.61. The quantitative estimate of drug-likeness (QED) is 0.853. The molecule has 0 bridgehead atoms. The largest absolute Gasteiger partial charge is 0.320 e. The third-order valence-corrected chi connectivity index (χ3v) is 4.33. The Morgan fingerprint density at radius 1 is 1.47 bits per heavy atom. The molecular formula is C13H13N3OS2. The van der Waals surface area contributed by atoms with Crippen molar-refractivity contribution in [3.63, 3.8) is 0 Å². The number of nitrogens with zero attached hydrogens (tertiary/aromatic N) is 1. The maximum atomic E-state index is 12.0. The van der Waals surface area contributed by atoms with Gasteiger partial charge in [-0.2, -0.15) is 0 Å². The number of thiophene rings is 1. The summed E-state index contributed by atoms with van der Waals surface area (Å²) in [6, 6.07) is 3.81. The summed E-state index contributed by atoms with van der Waals surface area (Å²) < 4.78 is 0. The van der Waals surface area contributed by atoms with E-state index in [4.69, 9.17) is 5.73 Å². The first-order valence-corrected chi connectivity index (χ1v) is 7.41. The lowest BCUT2D eigenvalue weighted by Gasteiger charge is -1.97. The van der Waals surface area contributed by atoms with E-state index in [1.54, 1.807) is 6.20 Å². The Hall–Kier alpha value is -1.68. The van der Waals surface area contributed by atoms with E-state index in [1.165, 1.54) is 27.6 Å². The van der Waals surface area contributed by atoms with Crippen molar-refractivity contribution in [2.45, 2.75) is 13.3 Å². The summed E-state index contributed by atoms with van der Waals surface area (Å²) in [5, 5.41) is 3.33. The normalized spacial score (nSPS) is 9.79. The SMILES string of the molecule is CCc1ccc(C(=O)Nc2ncc(C#CCN)s2)s1. The molecule has 0 spiro atoms. The molecule has 2 rings (SSSR count). The minimum absolute atomic E-state index is 0.127. The number of thiazole rings is 1. The lowest BCUT2D eigenvalue weighted by Crippen LogP contribution is -2.09. The maximum absolute atomic E-state index is 12.0. The zero-order chi connectivity index (χ0) is 13.7. The number of amides is 1. The van der Waals surface area contributed by atoms with Gasteiger partial charge in [-0.25, -0.2) is 4.98 Å². The summed E-state index contributed by atoms with van der Waals surface area (Å²) >= 11 is 2.84. The molecule has 0 aliphatic rings. The van der Waals surface area contributed by atoms with Crippen LogP contribution in [0.3, 0.4) is 0 Å². The van der Waals surface area contributed by atoms with E-state index in [0.29, 0.717) is 16.6 Å². The maximum Gasteiger partial charge on any atom is 0.267 e. The topological polar surface area (TPSA) is 68.0 Å². The van der Waals surface area contributed by atoms with Gasteiger partial charge in [-0.15, -0.1) is 11.3 Å². The lowest BCUT2D eigenvalue weighted by atomic mass is 10.3. The second-order valence-corrected chi connectivity index (χ2v) is 5.81. The smallest absolute Gasteiger partial charge is 0.267 e. The molecule has 0 unspecified atom stereocenters. The molecule has 0 fully saturated rings. The standard InChI is InChI=1S/C13H13N3OS2/c1-2-9-5-6-11(18-9)12(17)16-13-15-8-10(19-13)4-3-7-14/h5-6,8H,2,7,14H2,1H3,(H,15,16,17). The molecule has 19 heavy (non-hydrogen) atoms. The highest BCUT2D eigenvalue weighted by molar-refractivity contribution is 7.16. The highest BCUT2D eigenvalue weighted by atomic mass is 32.1. The van der Waals surface area contributed by atoms with Crippen LogP contribution in [0.1, 0.15) is 26.3 Å². The van der Waals surface area contributed by atoms with Gasteiger partial charge < -0.3 is 5.73 Å². The van der Waals surface area contributed by atoms with Gasteiger partial charge in [-0.1, -0.05) is 30.1 Å². The van der Waals surface area contributed by atoms with Gasteiger partial charge in [0, 0.05) is 4.88 Å². The number of aryl methyl sites for hydroxylation is 1. The Balaban J connectivity index is 2.04. The summed E-state index contributed by atoms with van der Waals surface area (Å²) in [5.74, 6) is 5.51. The first-order chi connectivity index (χ1) is 9.22. The molecule has 0 saturated heterocycles. The molecule has 0 aliphatic heterocycles. The number of nitrogens with one attached hydrogen (secondary N) is 1. The van der Waals surface area contributed by atoms with Gasteiger partial charge in [-0.3, -0.25) is 10.1 Å². The zero-order valence-electron chi connectivity index (χ0n) is 10.4. The molecule has 0 radical (unpaired) electrons. The predicted molar refractivity (Wildman–Crippen MR) is 79.7 cm³/mol. The van der Waals surface area contributed by atoms with Crippen LogP contribution in [0.5, 0.6) is 0 Å². The highest BCUT2D eigenvalue weighted by Gasteiger charge is 2.10. The summed E-state index contributed by atoms with van der Waals surface area (Å²) in [5.41, 5.74) is 5.30. The average molecular weight is 291 g/mol. The van der Waals surface area contributed by atoms with Gasteiger partial charge in [0.05, 0.1) is 22.5 Å². The molecule has 1 amide bonds. The molecule has 2 aromatic rings. The number of hydrogen-bond acceptors (Lipinski definition) is 5. The fraction of sp³-hybridized carbons (Fsp3) is 0.231. The van der Waals surface area contributed by atoms with E-state index in [-0.39, 0.29) is 5.91 Å². The summed E-state index contributed by atoms with van der Waals surface area (Å²) in [6.07, 6.45) is 2.57. The lowest BCUT2D eigenvalue weighted by molar-refractivity contribution is 0.103.